The van der Waals surface area contributed by atoms with E-state index in [9.17, 15) is 0 Å². The molecule has 1 unspecified atom stereocenters. The van der Waals surface area contributed by atoms with Crippen molar-refractivity contribution in [1.82, 2.24) is 15.3 Å². The number of nitrogens with zero attached hydrogens (tertiary/aromatic N) is 1. The Kier molecular flexibility index (Phi) is 9.65. The number of piperidine rings is 1. The summed E-state index contributed by atoms with van der Waals surface area (Å²) in [5, 5.41) is 3.57. The van der Waals surface area contributed by atoms with Gasteiger partial charge in [-0.3, -0.25) is 0 Å². The van der Waals surface area contributed by atoms with Gasteiger partial charge in [0.25, 0.3) is 0 Å². The smallest absolute Gasteiger partial charge is 0.123 e. The van der Waals surface area contributed by atoms with Crippen LogP contribution >= 0.6 is 0 Å². The number of hydrogen-bond donors (Lipinski definition) is 3. The Morgan fingerprint density at radius 3 is 2.50 bits per heavy atom. The summed E-state index contributed by atoms with van der Waals surface area (Å²) in [5.74, 6) is 1.55. The Morgan fingerprint density at radius 2 is 1.88 bits per heavy atom. The van der Waals surface area contributed by atoms with Gasteiger partial charge in [0, 0.05) is 30.5 Å². The van der Waals surface area contributed by atoms with Crippen molar-refractivity contribution in [2.75, 3.05) is 13.2 Å². The van der Waals surface area contributed by atoms with Crippen LogP contribution in [0, 0.1) is 0 Å². The normalized spacial score (nSPS) is 27.5. The van der Waals surface area contributed by atoms with E-state index in [1.165, 1.54) is 44.2 Å². The van der Waals surface area contributed by atoms with Crippen molar-refractivity contribution >= 4 is 0 Å². The molecule has 1 aromatic heterocycles. The Hall–Kier alpha value is -0.910. The molecular formula is C21H40N4O. The minimum Gasteiger partial charge on any atom is -0.379 e. The number of rotatable bonds is 6. The first-order valence-corrected chi connectivity index (χ1v) is 10.8. The first-order chi connectivity index (χ1) is 12.7. The van der Waals surface area contributed by atoms with E-state index in [0.717, 1.165) is 38.2 Å². The van der Waals surface area contributed by atoms with Gasteiger partial charge in [0.05, 0.1) is 12.1 Å². The molecule has 3 rings (SSSR count). The molecule has 0 radical (unpaired) electrons. The van der Waals surface area contributed by atoms with Crippen molar-refractivity contribution < 1.29 is 4.74 Å². The lowest BCUT2D eigenvalue weighted by Crippen LogP contribution is -2.36. The Morgan fingerprint density at radius 1 is 1.15 bits per heavy atom. The van der Waals surface area contributed by atoms with Crippen molar-refractivity contribution in [3.05, 3.63) is 17.7 Å². The molecule has 2 atom stereocenters. The van der Waals surface area contributed by atoms with Crippen molar-refractivity contribution in [1.29, 1.82) is 0 Å². The Balaban J connectivity index is 0.000000758. The summed E-state index contributed by atoms with van der Waals surface area (Å²) in [6.07, 6.45) is 13.2. The van der Waals surface area contributed by atoms with E-state index >= 15 is 0 Å². The zero-order chi connectivity index (χ0) is 18.8. The number of imidazole rings is 1. The van der Waals surface area contributed by atoms with Crippen LogP contribution in [0.4, 0.5) is 0 Å². The van der Waals surface area contributed by atoms with Crippen LogP contribution in [0.2, 0.25) is 0 Å². The predicted molar refractivity (Wildman–Crippen MR) is 108 cm³/mol. The number of aromatic nitrogens is 2. The van der Waals surface area contributed by atoms with Crippen molar-refractivity contribution in [2.24, 2.45) is 5.73 Å². The summed E-state index contributed by atoms with van der Waals surface area (Å²) in [7, 11) is 0. The average Bonchev–Trinajstić information content (AvgIpc) is 3.14. The van der Waals surface area contributed by atoms with Crippen LogP contribution in [0.5, 0.6) is 0 Å². The zero-order valence-electron chi connectivity index (χ0n) is 17.1. The molecule has 0 bridgehead atoms. The lowest BCUT2D eigenvalue weighted by Gasteiger charge is -2.27. The van der Waals surface area contributed by atoms with E-state index in [4.69, 9.17) is 10.5 Å². The molecule has 1 aliphatic carbocycles. The first-order valence-electron chi connectivity index (χ1n) is 10.8. The molecule has 2 fully saturated rings. The maximum atomic E-state index is 6.38. The van der Waals surface area contributed by atoms with Crippen LogP contribution in [0.25, 0.3) is 0 Å². The summed E-state index contributed by atoms with van der Waals surface area (Å²) >= 11 is 0. The van der Waals surface area contributed by atoms with E-state index in [1.807, 2.05) is 6.20 Å². The van der Waals surface area contributed by atoms with E-state index in [1.54, 1.807) is 0 Å². The quantitative estimate of drug-likeness (QED) is 0.698. The van der Waals surface area contributed by atoms with Crippen LogP contribution in [0.3, 0.4) is 0 Å². The SMILES string of the molecule is CCC.CCOC1CCC(c2cnc([C@@H](N)CC3CCCCN3)[nH]2)CC1. The van der Waals surface area contributed by atoms with Gasteiger partial charge in [0.15, 0.2) is 0 Å². The number of nitrogens with two attached hydrogens (primary N) is 1. The highest BCUT2D eigenvalue weighted by molar-refractivity contribution is 5.11. The fraction of sp³-hybridized carbons (Fsp3) is 0.857. The summed E-state index contributed by atoms with van der Waals surface area (Å²) in [5.41, 5.74) is 7.64. The molecule has 0 amide bonds. The lowest BCUT2D eigenvalue weighted by molar-refractivity contribution is 0.0325. The van der Waals surface area contributed by atoms with E-state index in [2.05, 4.69) is 36.1 Å². The fourth-order valence-electron chi connectivity index (χ4n) is 4.07. The predicted octanol–water partition coefficient (Wildman–Crippen LogP) is 4.42. The first kappa shape index (κ1) is 21.4. The van der Waals surface area contributed by atoms with Crippen molar-refractivity contribution in [2.45, 2.75) is 103 Å². The van der Waals surface area contributed by atoms with Gasteiger partial charge in [-0.05, 0) is 58.4 Å². The topological polar surface area (TPSA) is 76.0 Å². The fourth-order valence-corrected chi connectivity index (χ4v) is 4.07. The van der Waals surface area contributed by atoms with Gasteiger partial charge in [0.1, 0.15) is 5.82 Å². The molecule has 5 nitrogen and oxygen atoms in total. The van der Waals surface area contributed by atoms with Gasteiger partial charge in [-0.25, -0.2) is 4.98 Å². The monoisotopic (exact) mass is 364 g/mol. The largest absolute Gasteiger partial charge is 0.379 e. The van der Waals surface area contributed by atoms with Gasteiger partial charge in [-0.15, -0.1) is 0 Å². The molecule has 150 valence electrons. The van der Waals surface area contributed by atoms with Gasteiger partial charge in [-0.1, -0.05) is 26.7 Å². The second-order valence-electron chi connectivity index (χ2n) is 7.85. The summed E-state index contributed by atoms with van der Waals surface area (Å²) in [4.78, 5) is 8.09. The van der Waals surface area contributed by atoms with E-state index in [0.29, 0.717) is 18.1 Å². The van der Waals surface area contributed by atoms with Gasteiger partial charge in [-0.2, -0.15) is 0 Å². The summed E-state index contributed by atoms with van der Waals surface area (Å²) in [6.45, 7) is 8.28. The Bertz CT molecular complexity index is 476. The molecule has 2 heterocycles. The molecule has 1 aromatic rings. The van der Waals surface area contributed by atoms with Crippen molar-refractivity contribution in [3.63, 3.8) is 0 Å². The highest BCUT2D eigenvalue weighted by atomic mass is 16.5. The second-order valence-corrected chi connectivity index (χ2v) is 7.85. The zero-order valence-corrected chi connectivity index (χ0v) is 17.1. The third-order valence-electron chi connectivity index (χ3n) is 5.43. The molecule has 2 aliphatic rings. The Labute approximate surface area is 159 Å². The summed E-state index contributed by atoms with van der Waals surface area (Å²) in [6, 6.07) is 0.563. The van der Waals surface area contributed by atoms with Crippen LogP contribution in [0.15, 0.2) is 6.20 Å². The van der Waals surface area contributed by atoms with Crippen molar-refractivity contribution in [3.8, 4) is 0 Å². The minimum absolute atomic E-state index is 0.0131. The molecule has 1 aliphatic heterocycles. The molecule has 0 aromatic carbocycles. The molecular weight excluding hydrogens is 324 g/mol. The minimum atomic E-state index is 0.0131. The third-order valence-corrected chi connectivity index (χ3v) is 5.43. The number of H-pyrrole nitrogens is 1. The highest BCUT2D eigenvalue weighted by Gasteiger charge is 2.25. The van der Waals surface area contributed by atoms with Gasteiger partial charge >= 0.3 is 0 Å². The summed E-state index contributed by atoms with van der Waals surface area (Å²) < 4.78 is 5.74. The molecule has 1 saturated carbocycles. The maximum absolute atomic E-state index is 6.38. The van der Waals surface area contributed by atoms with Crippen LogP contribution in [0.1, 0.15) is 102 Å². The van der Waals surface area contributed by atoms with Gasteiger partial charge in [0.2, 0.25) is 0 Å². The van der Waals surface area contributed by atoms with Crippen LogP contribution < -0.4 is 11.1 Å². The molecule has 26 heavy (non-hydrogen) atoms. The number of aromatic amines is 1. The second kappa shape index (κ2) is 11.7. The highest BCUT2D eigenvalue weighted by Crippen LogP contribution is 2.33. The molecule has 4 N–H and O–H groups in total. The van der Waals surface area contributed by atoms with E-state index in [-0.39, 0.29) is 6.04 Å². The number of ether oxygens (including phenoxy) is 1. The van der Waals surface area contributed by atoms with Crippen LogP contribution in [-0.2, 0) is 4.74 Å². The molecule has 0 spiro atoms. The van der Waals surface area contributed by atoms with E-state index < -0.39 is 0 Å². The molecule has 5 heteroatoms. The molecule has 1 saturated heterocycles. The van der Waals surface area contributed by atoms with Gasteiger partial charge < -0.3 is 20.8 Å². The number of hydrogen-bond acceptors (Lipinski definition) is 4. The standard InChI is InChI=1S/C18H32N4O.C3H8/c1-2-23-15-8-6-13(7-9-15)17-12-21-18(22-17)16(19)11-14-5-3-4-10-20-14;1-3-2/h12-16,20H,2-11,19H2,1H3,(H,21,22);3H2,1-2H3/t13?,14?,15?,16-;/m0./s1. The third kappa shape index (κ3) is 6.67. The van der Waals surface area contributed by atoms with Crippen LogP contribution in [-0.4, -0.2) is 35.3 Å². The average molecular weight is 365 g/mol. The lowest BCUT2D eigenvalue weighted by atomic mass is 9.85. The maximum Gasteiger partial charge on any atom is 0.123 e. The number of nitrogens with one attached hydrogen (secondary N) is 2.